The molecule has 0 aliphatic heterocycles. The van der Waals surface area contributed by atoms with Crippen molar-refractivity contribution in [2.24, 2.45) is 5.92 Å². The number of anilines is 1. The van der Waals surface area contributed by atoms with E-state index in [1.54, 1.807) is 48.5 Å². The number of carbonyl (C=O) groups is 2. The van der Waals surface area contributed by atoms with Gasteiger partial charge >= 0.3 is 0 Å². The predicted molar refractivity (Wildman–Crippen MR) is 144 cm³/mol. The van der Waals surface area contributed by atoms with E-state index in [4.69, 9.17) is 17.0 Å². The van der Waals surface area contributed by atoms with Crippen LogP contribution in [0.1, 0.15) is 59.5 Å². The molecule has 3 N–H and O–H groups in total. The van der Waals surface area contributed by atoms with Gasteiger partial charge in [-0.1, -0.05) is 56.3 Å². The number of amides is 2. The van der Waals surface area contributed by atoms with Crippen LogP contribution >= 0.6 is 12.2 Å². The minimum absolute atomic E-state index is 0.101. The van der Waals surface area contributed by atoms with Gasteiger partial charge in [-0.2, -0.15) is 0 Å². The topological polar surface area (TPSA) is 79.5 Å². The summed E-state index contributed by atoms with van der Waals surface area (Å²) in [7, 11) is 0. The van der Waals surface area contributed by atoms with Crippen LogP contribution < -0.4 is 20.7 Å². The van der Waals surface area contributed by atoms with Crippen LogP contribution in [0.3, 0.4) is 0 Å². The highest BCUT2D eigenvalue weighted by atomic mass is 32.1. The molecule has 1 unspecified atom stereocenters. The highest BCUT2D eigenvalue weighted by molar-refractivity contribution is 7.80. The van der Waals surface area contributed by atoms with E-state index in [9.17, 15) is 9.59 Å². The maximum Gasteiger partial charge on any atom is 0.257 e. The Balaban J connectivity index is 1.58. The molecule has 0 spiro atoms. The molecule has 0 saturated carbocycles. The van der Waals surface area contributed by atoms with Gasteiger partial charge in [0.2, 0.25) is 0 Å². The molecule has 0 saturated heterocycles. The van der Waals surface area contributed by atoms with Gasteiger partial charge in [0.05, 0.1) is 23.9 Å². The fourth-order valence-electron chi connectivity index (χ4n) is 3.33. The third-order valence-corrected chi connectivity index (χ3v) is 5.58. The summed E-state index contributed by atoms with van der Waals surface area (Å²) in [5.74, 6) is 0.687. The van der Waals surface area contributed by atoms with Crippen LogP contribution in [0.4, 0.5) is 5.69 Å². The van der Waals surface area contributed by atoms with Crippen LogP contribution in [-0.2, 0) is 0 Å². The average Bonchev–Trinajstić information content (AvgIpc) is 2.85. The molecule has 0 radical (unpaired) electrons. The summed E-state index contributed by atoms with van der Waals surface area (Å²) < 4.78 is 5.70. The van der Waals surface area contributed by atoms with E-state index in [0.29, 0.717) is 35.1 Å². The van der Waals surface area contributed by atoms with E-state index in [0.717, 1.165) is 12.0 Å². The lowest BCUT2D eigenvalue weighted by Gasteiger charge is -2.17. The van der Waals surface area contributed by atoms with Crippen LogP contribution in [-0.4, -0.2) is 23.5 Å². The zero-order valence-corrected chi connectivity index (χ0v) is 21.0. The Bertz CT molecular complexity index is 1150. The van der Waals surface area contributed by atoms with Gasteiger partial charge in [-0.25, -0.2) is 0 Å². The van der Waals surface area contributed by atoms with Crippen molar-refractivity contribution in [2.75, 3.05) is 11.9 Å². The zero-order valence-electron chi connectivity index (χ0n) is 20.2. The molecule has 3 rings (SSSR count). The molecule has 0 heterocycles. The van der Waals surface area contributed by atoms with Gasteiger partial charge in [0.15, 0.2) is 5.11 Å². The molecule has 0 bridgehead atoms. The van der Waals surface area contributed by atoms with Gasteiger partial charge in [-0.3, -0.25) is 14.9 Å². The maximum atomic E-state index is 12.9. The first kappa shape index (κ1) is 25.9. The highest BCUT2D eigenvalue weighted by Gasteiger charge is 2.16. The van der Waals surface area contributed by atoms with Gasteiger partial charge in [-0.05, 0) is 73.4 Å². The van der Waals surface area contributed by atoms with E-state index in [-0.39, 0.29) is 23.0 Å². The number of carbonyl (C=O) groups excluding carboxylic acids is 2. The average molecular weight is 490 g/mol. The van der Waals surface area contributed by atoms with Crippen molar-refractivity contribution in [3.63, 3.8) is 0 Å². The van der Waals surface area contributed by atoms with Crippen LogP contribution in [0.15, 0.2) is 78.9 Å². The Morgan fingerprint density at radius 3 is 2.20 bits per heavy atom. The lowest BCUT2D eigenvalue weighted by molar-refractivity contribution is 0.0939. The van der Waals surface area contributed by atoms with Crippen LogP contribution in [0, 0.1) is 5.92 Å². The number of para-hydroxylation sites is 1. The monoisotopic (exact) mass is 489 g/mol. The number of hydrogen-bond acceptors (Lipinski definition) is 4. The molecule has 6 nitrogen and oxygen atoms in total. The molecule has 7 heteroatoms. The van der Waals surface area contributed by atoms with E-state index in [2.05, 4.69) is 29.8 Å². The minimum atomic E-state index is -0.351. The first-order valence-corrected chi connectivity index (χ1v) is 12.0. The number of benzene rings is 3. The first-order chi connectivity index (χ1) is 16.8. The van der Waals surface area contributed by atoms with Crippen molar-refractivity contribution in [1.82, 2.24) is 10.6 Å². The molecule has 3 aromatic carbocycles. The molecule has 35 heavy (non-hydrogen) atoms. The fourth-order valence-corrected chi connectivity index (χ4v) is 3.54. The Morgan fingerprint density at radius 1 is 0.857 bits per heavy atom. The van der Waals surface area contributed by atoms with E-state index >= 15 is 0 Å². The summed E-state index contributed by atoms with van der Waals surface area (Å²) in [6.45, 7) is 6.84. The number of thiocarbonyl (C=S) groups is 1. The second-order valence-electron chi connectivity index (χ2n) is 8.62. The smallest absolute Gasteiger partial charge is 0.257 e. The number of rotatable bonds is 9. The van der Waals surface area contributed by atoms with Crippen LogP contribution in [0.25, 0.3) is 0 Å². The van der Waals surface area contributed by atoms with Gasteiger partial charge < -0.3 is 15.4 Å². The molecule has 0 aromatic heterocycles. The zero-order chi connectivity index (χ0) is 25.2. The van der Waals surface area contributed by atoms with E-state index in [1.165, 1.54) is 0 Å². The lowest BCUT2D eigenvalue weighted by Crippen LogP contribution is -2.35. The lowest BCUT2D eigenvalue weighted by atomic mass is 10.1. The summed E-state index contributed by atoms with van der Waals surface area (Å²) in [6, 6.07) is 23.5. The van der Waals surface area contributed by atoms with Crippen molar-refractivity contribution >= 4 is 34.8 Å². The third-order valence-electron chi connectivity index (χ3n) is 5.37. The number of ether oxygens (including phenoxy) is 1. The summed E-state index contributed by atoms with van der Waals surface area (Å²) >= 11 is 5.33. The molecule has 2 amide bonds. The summed E-state index contributed by atoms with van der Waals surface area (Å²) in [5.41, 5.74) is 2.39. The van der Waals surface area contributed by atoms with E-state index in [1.807, 2.05) is 37.3 Å². The van der Waals surface area contributed by atoms with Crippen LogP contribution in [0.5, 0.6) is 5.75 Å². The summed E-state index contributed by atoms with van der Waals surface area (Å²) in [5, 5.41) is 8.73. The fraction of sp³-hybridized carbons (Fsp3) is 0.250. The van der Waals surface area contributed by atoms with Crippen LogP contribution in [0.2, 0.25) is 0 Å². The highest BCUT2D eigenvalue weighted by Crippen LogP contribution is 2.18. The Kier molecular flexibility index (Phi) is 9.38. The van der Waals surface area contributed by atoms with Gasteiger partial charge in [-0.15, -0.1) is 0 Å². The standard InChI is InChI=1S/C28H31N3O3S/c1-19(2)17-18-34-23-15-13-22(14-16-23)26(32)31-28(35)30-25-12-8-7-11-24(25)27(33)29-20(3)21-9-5-4-6-10-21/h4-16,19-20H,17-18H2,1-3H3,(H,29,33)(H2,30,31,32,35). The molecule has 182 valence electrons. The number of nitrogens with one attached hydrogen (secondary N) is 3. The first-order valence-electron chi connectivity index (χ1n) is 11.6. The van der Waals surface area contributed by atoms with Gasteiger partial charge in [0.1, 0.15) is 5.75 Å². The molecule has 1 atom stereocenters. The minimum Gasteiger partial charge on any atom is -0.494 e. The van der Waals surface area contributed by atoms with E-state index < -0.39 is 0 Å². The van der Waals surface area contributed by atoms with Crippen molar-refractivity contribution in [1.29, 1.82) is 0 Å². The largest absolute Gasteiger partial charge is 0.494 e. The Morgan fingerprint density at radius 2 is 1.51 bits per heavy atom. The summed E-state index contributed by atoms with van der Waals surface area (Å²) in [6.07, 6.45) is 0.965. The van der Waals surface area contributed by atoms with Gasteiger partial charge in [0, 0.05) is 5.56 Å². The molecular weight excluding hydrogens is 458 g/mol. The molecule has 0 aliphatic carbocycles. The molecule has 0 aliphatic rings. The third kappa shape index (κ3) is 7.93. The normalized spacial score (nSPS) is 11.4. The van der Waals surface area contributed by atoms with Crippen molar-refractivity contribution in [2.45, 2.75) is 33.2 Å². The van der Waals surface area contributed by atoms with Gasteiger partial charge in [0.25, 0.3) is 11.8 Å². The SMILES string of the molecule is CC(C)CCOc1ccc(C(=O)NC(=S)Nc2ccccc2C(=O)NC(C)c2ccccc2)cc1. The Labute approximate surface area is 212 Å². The maximum absolute atomic E-state index is 12.9. The quantitative estimate of drug-likeness (QED) is 0.335. The summed E-state index contributed by atoms with van der Waals surface area (Å²) in [4.78, 5) is 25.5. The second kappa shape index (κ2) is 12.7. The number of hydrogen-bond donors (Lipinski definition) is 3. The molecular formula is C28H31N3O3S. The Hall–Kier alpha value is -3.71. The molecule has 0 fully saturated rings. The van der Waals surface area contributed by atoms with Crippen molar-refractivity contribution < 1.29 is 14.3 Å². The predicted octanol–water partition coefficient (Wildman–Crippen LogP) is 5.73. The molecule has 3 aromatic rings. The van der Waals surface area contributed by atoms with Crippen molar-refractivity contribution in [3.05, 3.63) is 95.6 Å². The second-order valence-corrected chi connectivity index (χ2v) is 9.02. The van der Waals surface area contributed by atoms with Crippen molar-refractivity contribution in [3.8, 4) is 5.75 Å².